The van der Waals surface area contributed by atoms with E-state index in [4.69, 9.17) is 4.74 Å². The van der Waals surface area contributed by atoms with E-state index < -0.39 is 17.7 Å². The maximum absolute atomic E-state index is 11.6. The lowest BCUT2D eigenvalue weighted by molar-refractivity contribution is -0.126. The Morgan fingerprint density at radius 1 is 1.56 bits per heavy atom. The van der Waals surface area contributed by atoms with Gasteiger partial charge in [-0.15, -0.1) is 0 Å². The Morgan fingerprint density at radius 2 is 2.31 bits per heavy atom. The second-order valence-electron chi connectivity index (χ2n) is 4.89. The summed E-state index contributed by atoms with van der Waals surface area (Å²) in [7, 11) is 1.55. The van der Waals surface area contributed by atoms with Crippen molar-refractivity contribution in [3.05, 3.63) is 0 Å². The molecule has 0 radical (unpaired) electrons. The molecule has 5 heteroatoms. The molecule has 0 aliphatic heterocycles. The molecule has 5 nitrogen and oxygen atoms in total. The lowest BCUT2D eigenvalue weighted by Gasteiger charge is -2.34. The largest absolute Gasteiger partial charge is 0.390 e. The molecule has 0 spiro atoms. The first-order valence-corrected chi connectivity index (χ1v) is 5.75. The highest BCUT2D eigenvalue weighted by atomic mass is 16.5. The highest BCUT2D eigenvalue weighted by molar-refractivity contribution is 5.77. The van der Waals surface area contributed by atoms with Crippen LogP contribution in [-0.4, -0.2) is 47.6 Å². The Balaban J connectivity index is 1.96. The maximum atomic E-state index is 11.6. The van der Waals surface area contributed by atoms with Crippen LogP contribution in [0.4, 0.5) is 0 Å². The van der Waals surface area contributed by atoms with Gasteiger partial charge in [0.25, 0.3) is 0 Å². The van der Waals surface area contributed by atoms with Crippen LogP contribution in [0.1, 0.15) is 25.7 Å². The van der Waals surface area contributed by atoms with Gasteiger partial charge in [-0.3, -0.25) is 4.79 Å². The highest BCUT2D eigenvalue weighted by Gasteiger charge is 2.57. The molecule has 2 aliphatic rings. The minimum atomic E-state index is -0.822. The van der Waals surface area contributed by atoms with Crippen LogP contribution in [0.15, 0.2) is 0 Å². The first kappa shape index (κ1) is 11.8. The summed E-state index contributed by atoms with van der Waals surface area (Å²) in [6.07, 6.45) is 1.12. The third-order valence-electron chi connectivity index (χ3n) is 3.88. The minimum Gasteiger partial charge on any atom is -0.390 e. The fourth-order valence-corrected chi connectivity index (χ4v) is 2.98. The minimum absolute atomic E-state index is 0.115. The number of ether oxygens (including phenoxy) is 1. The van der Waals surface area contributed by atoms with Crippen molar-refractivity contribution in [3.8, 4) is 0 Å². The number of hydrogen-bond acceptors (Lipinski definition) is 4. The summed E-state index contributed by atoms with van der Waals surface area (Å²) in [5.41, 5.74) is -0.588. The summed E-state index contributed by atoms with van der Waals surface area (Å²) < 4.78 is 4.83. The summed E-state index contributed by atoms with van der Waals surface area (Å²) in [4.78, 5) is 11.6. The van der Waals surface area contributed by atoms with Gasteiger partial charge in [-0.2, -0.15) is 0 Å². The number of carbonyl (C=O) groups excluding carboxylic acids is 1. The lowest BCUT2D eigenvalue weighted by atomic mass is 9.89. The van der Waals surface area contributed by atoms with Gasteiger partial charge in [0.1, 0.15) is 6.10 Å². The Labute approximate surface area is 94.8 Å². The second-order valence-corrected chi connectivity index (χ2v) is 4.89. The van der Waals surface area contributed by atoms with E-state index >= 15 is 0 Å². The zero-order valence-corrected chi connectivity index (χ0v) is 9.48. The van der Waals surface area contributed by atoms with E-state index in [-0.39, 0.29) is 11.8 Å². The van der Waals surface area contributed by atoms with Crippen LogP contribution in [0.3, 0.4) is 0 Å². The Hall–Kier alpha value is -0.650. The molecule has 0 aromatic heterocycles. The van der Waals surface area contributed by atoms with E-state index in [9.17, 15) is 15.0 Å². The first-order chi connectivity index (χ1) is 7.59. The number of carbonyl (C=O) groups is 1. The molecule has 3 N–H and O–H groups in total. The van der Waals surface area contributed by atoms with Gasteiger partial charge in [-0.1, -0.05) is 0 Å². The molecule has 4 atom stereocenters. The summed E-state index contributed by atoms with van der Waals surface area (Å²) in [6, 6.07) is 0. The van der Waals surface area contributed by atoms with Gasteiger partial charge < -0.3 is 20.3 Å². The Kier molecular flexibility index (Phi) is 3.19. The molecule has 2 saturated carbocycles. The van der Waals surface area contributed by atoms with E-state index in [1.54, 1.807) is 7.11 Å². The topological polar surface area (TPSA) is 78.8 Å². The lowest BCUT2D eigenvalue weighted by Crippen LogP contribution is -2.56. The van der Waals surface area contributed by atoms with Crippen LogP contribution in [0.25, 0.3) is 0 Å². The van der Waals surface area contributed by atoms with Crippen LogP contribution < -0.4 is 5.32 Å². The van der Waals surface area contributed by atoms with Crippen LogP contribution in [-0.2, 0) is 9.53 Å². The maximum Gasteiger partial charge on any atom is 0.222 e. The van der Waals surface area contributed by atoms with E-state index in [2.05, 4.69) is 5.32 Å². The molecule has 0 aromatic carbocycles. The SMILES string of the molecule is COCCC(=O)NC12CCC(C1)[C@H](O)[C@@H]2O. The number of methoxy groups -OCH3 is 1. The molecule has 0 aromatic rings. The normalized spacial score (nSPS) is 41.3. The fraction of sp³-hybridized carbons (Fsp3) is 0.909. The van der Waals surface area contributed by atoms with Crippen molar-refractivity contribution < 1.29 is 19.7 Å². The second kappa shape index (κ2) is 4.31. The molecule has 0 saturated heterocycles. The summed E-state index contributed by atoms with van der Waals surface area (Å²) in [6.45, 7) is 0.379. The molecule has 2 aliphatic carbocycles. The van der Waals surface area contributed by atoms with Crippen LogP contribution in [0, 0.1) is 5.92 Å². The van der Waals surface area contributed by atoms with E-state index in [1.165, 1.54) is 0 Å². The molecule has 2 fully saturated rings. The zero-order chi connectivity index (χ0) is 11.8. The Morgan fingerprint density at radius 3 is 2.88 bits per heavy atom. The van der Waals surface area contributed by atoms with Crippen molar-refractivity contribution in [3.63, 3.8) is 0 Å². The molecule has 0 heterocycles. The van der Waals surface area contributed by atoms with Gasteiger partial charge in [0.05, 0.1) is 18.2 Å². The molecular weight excluding hydrogens is 210 g/mol. The first-order valence-electron chi connectivity index (χ1n) is 5.75. The quantitative estimate of drug-likeness (QED) is 0.602. The summed E-state index contributed by atoms with van der Waals surface area (Å²) in [5.74, 6) is 0.0216. The van der Waals surface area contributed by atoms with Crippen molar-refractivity contribution >= 4 is 5.91 Å². The van der Waals surface area contributed by atoms with Crippen molar-refractivity contribution in [2.75, 3.05) is 13.7 Å². The fourth-order valence-electron chi connectivity index (χ4n) is 2.98. The predicted octanol–water partition coefficient (Wildman–Crippen LogP) is -0.587. The van der Waals surface area contributed by atoms with Gasteiger partial charge in [0.2, 0.25) is 5.91 Å². The molecule has 2 rings (SSSR count). The average molecular weight is 229 g/mol. The van der Waals surface area contributed by atoms with Gasteiger partial charge in [0.15, 0.2) is 0 Å². The molecule has 16 heavy (non-hydrogen) atoms. The van der Waals surface area contributed by atoms with Gasteiger partial charge in [0, 0.05) is 13.5 Å². The van der Waals surface area contributed by atoms with Crippen molar-refractivity contribution in [1.29, 1.82) is 0 Å². The predicted molar refractivity (Wildman–Crippen MR) is 56.7 cm³/mol. The van der Waals surface area contributed by atoms with Crippen molar-refractivity contribution in [2.24, 2.45) is 5.92 Å². The molecule has 2 bridgehead atoms. The van der Waals surface area contributed by atoms with Crippen LogP contribution >= 0.6 is 0 Å². The molecule has 2 unspecified atom stereocenters. The van der Waals surface area contributed by atoms with E-state index in [1.807, 2.05) is 0 Å². The van der Waals surface area contributed by atoms with Crippen molar-refractivity contribution in [2.45, 2.75) is 43.4 Å². The van der Waals surface area contributed by atoms with Crippen LogP contribution in [0.5, 0.6) is 0 Å². The van der Waals surface area contributed by atoms with Gasteiger partial charge in [-0.05, 0) is 25.2 Å². The van der Waals surface area contributed by atoms with E-state index in [0.717, 1.165) is 12.8 Å². The summed E-state index contributed by atoms with van der Waals surface area (Å²) >= 11 is 0. The van der Waals surface area contributed by atoms with Gasteiger partial charge in [-0.25, -0.2) is 0 Å². The highest BCUT2D eigenvalue weighted by Crippen LogP contribution is 2.47. The third kappa shape index (κ3) is 1.83. The number of hydrogen-bond donors (Lipinski definition) is 3. The zero-order valence-electron chi connectivity index (χ0n) is 9.48. The molecule has 92 valence electrons. The molecule has 1 amide bonds. The smallest absolute Gasteiger partial charge is 0.222 e. The third-order valence-corrected chi connectivity index (χ3v) is 3.88. The van der Waals surface area contributed by atoms with Gasteiger partial charge >= 0.3 is 0 Å². The number of rotatable bonds is 4. The summed E-state index contributed by atoms with van der Waals surface area (Å²) in [5, 5.41) is 22.5. The number of aliphatic hydroxyl groups is 2. The average Bonchev–Trinajstić information content (AvgIpc) is 2.77. The monoisotopic (exact) mass is 229 g/mol. The van der Waals surface area contributed by atoms with E-state index in [0.29, 0.717) is 19.4 Å². The number of aliphatic hydroxyl groups excluding tert-OH is 2. The molecular formula is C11H19NO4. The van der Waals surface area contributed by atoms with Crippen LogP contribution in [0.2, 0.25) is 0 Å². The standard InChI is InChI=1S/C11H19NO4/c1-16-5-3-8(13)12-11-4-2-7(6-11)9(14)10(11)15/h7,9-10,14-15H,2-6H2,1H3,(H,12,13)/t7?,9-,10-,11?/m0/s1. The number of nitrogens with one attached hydrogen (secondary N) is 1. The number of amides is 1. The Bertz CT molecular complexity index is 283. The number of fused-ring (bicyclic) bond motifs is 2. The van der Waals surface area contributed by atoms with Crippen molar-refractivity contribution in [1.82, 2.24) is 5.32 Å².